The zero-order chi connectivity index (χ0) is 52.6. The molecule has 0 radical (unpaired) electrons. The summed E-state index contributed by atoms with van der Waals surface area (Å²) in [6, 6.07) is 17.3. The van der Waals surface area contributed by atoms with Gasteiger partial charge in [-0.15, -0.1) is 0 Å². The Morgan fingerprint density at radius 2 is 0.750 bits per heavy atom. The molecule has 4 amide bonds. The number of hydrogen-bond donors (Lipinski definition) is 11. The van der Waals surface area contributed by atoms with E-state index in [2.05, 4.69) is 106 Å². The Morgan fingerprint density at radius 1 is 0.431 bits per heavy atom. The summed E-state index contributed by atoms with van der Waals surface area (Å²) in [7, 11) is 5.80. The maximum Gasteiger partial charge on any atom is 0.269 e. The number of halogens is 4. The van der Waals surface area contributed by atoms with Crippen molar-refractivity contribution in [2.45, 2.75) is 25.7 Å². The third kappa shape index (κ3) is 19.9. The SMILES string of the molecule is O=C(NCCSSCCNC(=O)/C(Cc1ccc(Oc2cc(C/C(=N\O)C(=O)NCCSSCCNC(=O)/C(Cc3ccc(O)c(Br)c3)=N/O)cc(Br)c2O)c(Br)c1)=N/O)/C(Cc1ccc(O)c(Br)c1)=N/O. The highest BCUT2D eigenvalue weighted by Crippen LogP contribution is 2.40. The Bertz CT molecular complexity index is 2690. The summed E-state index contributed by atoms with van der Waals surface area (Å²) in [6.45, 7) is 1.07. The molecule has 4 rings (SSSR count). The fraction of sp³-hybridized carbons (Fsp3) is 0.273. The van der Waals surface area contributed by atoms with Crippen LogP contribution in [0.3, 0.4) is 0 Å². The smallest absolute Gasteiger partial charge is 0.269 e. The van der Waals surface area contributed by atoms with Crippen molar-refractivity contribution in [3.63, 3.8) is 0 Å². The molecule has 0 aromatic heterocycles. The first-order chi connectivity index (χ1) is 34.6. The fourth-order valence-corrected chi connectivity index (χ4v) is 11.3. The number of hydrogen-bond acceptors (Lipinski definition) is 20. The molecule has 0 aliphatic carbocycles. The second-order valence-electron chi connectivity index (χ2n) is 14.6. The van der Waals surface area contributed by atoms with Crippen molar-refractivity contribution in [1.82, 2.24) is 21.3 Å². The normalized spacial score (nSPS) is 12.1. The van der Waals surface area contributed by atoms with Gasteiger partial charge < -0.3 is 62.2 Å². The molecule has 0 fully saturated rings. The molecule has 20 nitrogen and oxygen atoms in total. The van der Waals surface area contributed by atoms with E-state index in [0.29, 0.717) is 65.2 Å². The molecule has 0 atom stereocenters. The van der Waals surface area contributed by atoms with Crippen LogP contribution in [0.25, 0.3) is 0 Å². The Kier molecular flexibility index (Phi) is 26.3. The van der Waals surface area contributed by atoms with Crippen LogP contribution in [0.4, 0.5) is 0 Å². The van der Waals surface area contributed by atoms with E-state index < -0.39 is 23.6 Å². The number of phenolic OH excluding ortho intramolecular Hbond substituents is 3. The molecule has 0 saturated heterocycles. The van der Waals surface area contributed by atoms with Crippen LogP contribution in [0.1, 0.15) is 22.3 Å². The van der Waals surface area contributed by atoms with Crippen molar-refractivity contribution in [1.29, 1.82) is 0 Å². The van der Waals surface area contributed by atoms with Crippen LogP contribution in [0.15, 0.2) is 105 Å². The number of oxime groups is 4. The van der Waals surface area contributed by atoms with Crippen LogP contribution in [-0.4, -0.2) is 132 Å². The maximum atomic E-state index is 12.9. The van der Waals surface area contributed by atoms with Crippen LogP contribution in [0.2, 0.25) is 0 Å². The molecule has 4 aromatic rings. The zero-order valence-electron chi connectivity index (χ0n) is 37.4. The van der Waals surface area contributed by atoms with Crippen molar-refractivity contribution < 1.29 is 60.1 Å². The number of nitrogens with zero attached hydrogens (tertiary/aromatic N) is 4. The van der Waals surface area contributed by atoms with Gasteiger partial charge in [-0.2, -0.15) is 0 Å². The number of amides is 4. The summed E-state index contributed by atoms with van der Waals surface area (Å²) >= 11 is 13.2. The molecule has 0 spiro atoms. The molecule has 0 saturated carbocycles. The highest BCUT2D eigenvalue weighted by atomic mass is 79.9. The largest absolute Gasteiger partial charge is 0.507 e. The third-order valence-corrected chi connectivity index (χ3v) is 16.7. The second kappa shape index (κ2) is 31.7. The monoisotopic (exact) mass is 1320 g/mol. The minimum absolute atomic E-state index is 0.0132. The van der Waals surface area contributed by atoms with Crippen molar-refractivity contribution in [2.75, 3.05) is 49.2 Å². The predicted molar refractivity (Wildman–Crippen MR) is 295 cm³/mol. The Hall–Kier alpha value is -4.84. The summed E-state index contributed by atoms with van der Waals surface area (Å²) in [4.78, 5) is 50.7. The van der Waals surface area contributed by atoms with Crippen molar-refractivity contribution >= 4 is 153 Å². The van der Waals surface area contributed by atoms with Crippen molar-refractivity contribution in [3.05, 3.63) is 107 Å². The van der Waals surface area contributed by atoms with E-state index in [1.54, 1.807) is 48.5 Å². The molecule has 0 heterocycles. The lowest BCUT2D eigenvalue weighted by molar-refractivity contribution is -0.115. The summed E-state index contributed by atoms with van der Waals surface area (Å²) < 4.78 is 7.59. The number of benzene rings is 4. The molecule has 0 aliphatic heterocycles. The first-order valence-corrected chi connectivity index (χ1v) is 29.1. The maximum absolute atomic E-state index is 12.9. The van der Waals surface area contributed by atoms with E-state index in [9.17, 15) is 55.3 Å². The topological polar surface area (TPSA) is 317 Å². The minimum atomic E-state index is -0.618. The van der Waals surface area contributed by atoms with Gasteiger partial charge in [0.2, 0.25) is 0 Å². The van der Waals surface area contributed by atoms with Gasteiger partial charge in [-0.3, -0.25) is 19.2 Å². The highest BCUT2D eigenvalue weighted by Gasteiger charge is 2.20. The van der Waals surface area contributed by atoms with Gasteiger partial charge in [-0.1, -0.05) is 82.0 Å². The molecule has 386 valence electrons. The minimum Gasteiger partial charge on any atom is -0.507 e. The molecular weight excluding hydrogens is 1280 g/mol. The van der Waals surface area contributed by atoms with Crippen molar-refractivity contribution in [3.8, 4) is 28.7 Å². The fourth-order valence-electron chi connectivity index (χ4n) is 5.87. The summed E-state index contributed by atoms with van der Waals surface area (Å²) in [5, 5.41) is 91.5. The molecule has 11 N–H and O–H groups in total. The quantitative estimate of drug-likeness (QED) is 0.00851. The summed E-state index contributed by atoms with van der Waals surface area (Å²) in [6.07, 6.45) is -0.0470. The molecule has 0 unspecified atom stereocenters. The number of aromatic hydroxyl groups is 3. The first kappa shape index (κ1) is 59.7. The zero-order valence-corrected chi connectivity index (χ0v) is 47.1. The van der Waals surface area contributed by atoms with Gasteiger partial charge in [0.05, 0.1) is 17.9 Å². The van der Waals surface area contributed by atoms with Crippen LogP contribution in [0.5, 0.6) is 28.7 Å². The molecule has 28 heteroatoms. The first-order valence-electron chi connectivity index (χ1n) is 20.9. The standard InChI is InChI=1S/C44H46Br4N8O12S4/c45-28-15-24(1-4-36(28)57)19-32(53-64)41(60)49-7-11-69-70-13-9-51-43(62)34(55-66)21-26-3-6-38(30(47)17-26)68-39-23-27(18-31(48)40(39)59)22-35(56-67)44(63)52-10-14-72-71-12-8-50-42(61)33(54-65)20-25-2-5-37(58)29(46)16-25/h1-6,15-18,23,57-59,64-67H,7-14,19-22H2,(H,49,60)(H,50,61)(H,51,62)(H,52,63)/b53-32+,54-33+,55-34+,56-35+. The van der Waals surface area contributed by atoms with Gasteiger partial charge in [0.1, 0.15) is 40.1 Å². The van der Waals surface area contributed by atoms with E-state index in [1.165, 1.54) is 61.4 Å². The summed E-state index contributed by atoms with van der Waals surface area (Å²) in [5.74, 6) is -0.0869. The Labute approximate surface area is 462 Å². The van der Waals surface area contributed by atoms with Crippen LogP contribution < -0.4 is 26.0 Å². The van der Waals surface area contributed by atoms with E-state index in [4.69, 9.17) is 4.74 Å². The molecule has 0 aliphatic rings. The van der Waals surface area contributed by atoms with E-state index in [-0.39, 0.29) is 101 Å². The molecule has 4 aromatic carbocycles. The van der Waals surface area contributed by atoms with E-state index in [1.807, 2.05) is 0 Å². The second-order valence-corrected chi connectivity index (χ2v) is 23.4. The number of rotatable bonds is 28. The third-order valence-electron chi connectivity index (χ3n) is 9.40. The lowest BCUT2D eigenvalue weighted by atomic mass is 10.1. The molecule has 72 heavy (non-hydrogen) atoms. The average molecular weight is 1330 g/mol. The van der Waals surface area contributed by atoms with Gasteiger partial charge in [0.15, 0.2) is 11.5 Å². The van der Waals surface area contributed by atoms with Gasteiger partial charge in [0, 0.05) is 74.9 Å². The number of carbonyl (C=O) groups is 4. The predicted octanol–water partition coefficient (Wildman–Crippen LogP) is 7.76. The van der Waals surface area contributed by atoms with Gasteiger partial charge >= 0.3 is 0 Å². The molecular formula is C44H46Br4N8O12S4. The molecule has 0 bridgehead atoms. The van der Waals surface area contributed by atoms with Gasteiger partial charge in [-0.05, 0) is 135 Å². The van der Waals surface area contributed by atoms with Crippen LogP contribution in [-0.2, 0) is 44.9 Å². The number of nitrogens with one attached hydrogen (secondary N) is 4. The summed E-state index contributed by atoms with van der Waals surface area (Å²) in [5.41, 5.74) is 1.85. The van der Waals surface area contributed by atoms with Gasteiger partial charge in [0.25, 0.3) is 23.6 Å². The Balaban J connectivity index is 1.15. The van der Waals surface area contributed by atoms with Crippen molar-refractivity contribution in [2.24, 2.45) is 20.6 Å². The number of phenols is 3. The van der Waals surface area contributed by atoms with Crippen LogP contribution >= 0.6 is 107 Å². The highest BCUT2D eigenvalue weighted by molar-refractivity contribution is 9.11. The lowest BCUT2D eigenvalue weighted by Crippen LogP contribution is -2.34. The average Bonchev–Trinajstić information content (AvgIpc) is 3.36. The lowest BCUT2D eigenvalue weighted by Gasteiger charge is -2.14. The van der Waals surface area contributed by atoms with E-state index >= 15 is 0 Å². The van der Waals surface area contributed by atoms with E-state index in [0.717, 1.165) is 0 Å². The van der Waals surface area contributed by atoms with Gasteiger partial charge in [-0.25, -0.2) is 0 Å². The number of ether oxygens (including phenoxy) is 1. The van der Waals surface area contributed by atoms with Crippen LogP contribution in [0, 0.1) is 0 Å². The number of carbonyl (C=O) groups excluding carboxylic acids is 4. The Morgan fingerprint density at radius 3 is 1.08 bits per heavy atom.